The van der Waals surface area contributed by atoms with Crippen LogP contribution in [0.1, 0.15) is 23.7 Å². The molecule has 0 saturated heterocycles. The summed E-state index contributed by atoms with van der Waals surface area (Å²) in [7, 11) is 0. The van der Waals surface area contributed by atoms with E-state index in [4.69, 9.17) is 5.11 Å². The number of carboxylic acid groups (broad SMARTS) is 1. The number of nitrogens with zero attached hydrogens (tertiary/aromatic N) is 3. The van der Waals surface area contributed by atoms with Crippen LogP contribution < -0.4 is 4.90 Å². The molecule has 2 heterocycles. The van der Waals surface area contributed by atoms with Crippen LogP contribution in [0, 0.1) is 0 Å². The number of hydrogen-bond donors (Lipinski definition) is 1. The molecule has 5 nitrogen and oxygen atoms in total. The van der Waals surface area contributed by atoms with Crippen LogP contribution in [0.25, 0.3) is 0 Å². The summed E-state index contributed by atoms with van der Waals surface area (Å²) in [6.45, 7) is 3.76. The predicted molar refractivity (Wildman–Crippen MR) is 59.6 cm³/mol. The van der Waals surface area contributed by atoms with E-state index < -0.39 is 5.97 Å². The topological polar surface area (TPSA) is 66.3 Å². The van der Waals surface area contributed by atoms with E-state index in [9.17, 15) is 4.79 Å². The molecule has 0 bridgehead atoms. The highest BCUT2D eigenvalue weighted by atomic mass is 16.4. The van der Waals surface area contributed by atoms with E-state index in [1.165, 1.54) is 18.0 Å². The Labute approximate surface area is 93.4 Å². The Morgan fingerprint density at radius 2 is 2.12 bits per heavy atom. The molecule has 1 aliphatic heterocycles. The minimum Gasteiger partial charge on any atom is -0.478 e. The van der Waals surface area contributed by atoms with Gasteiger partial charge in [-0.1, -0.05) is 11.6 Å². The minimum absolute atomic E-state index is 0.119. The van der Waals surface area contributed by atoms with Crippen molar-refractivity contribution in [3.63, 3.8) is 0 Å². The number of anilines is 1. The average Bonchev–Trinajstić information content (AvgIpc) is 2.29. The number of rotatable bonds is 2. The van der Waals surface area contributed by atoms with Crippen molar-refractivity contribution in [2.45, 2.75) is 13.3 Å². The highest BCUT2D eigenvalue weighted by Crippen LogP contribution is 2.14. The van der Waals surface area contributed by atoms with E-state index in [0.29, 0.717) is 5.95 Å². The largest absolute Gasteiger partial charge is 0.478 e. The van der Waals surface area contributed by atoms with Gasteiger partial charge in [0.05, 0.1) is 5.56 Å². The summed E-state index contributed by atoms with van der Waals surface area (Å²) in [5.74, 6) is -0.404. The first kappa shape index (κ1) is 10.6. The second kappa shape index (κ2) is 4.30. The molecule has 0 radical (unpaired) electrons. The molecule has 0 aliphatic carbocycles. The van der Waals surface area contributed by atoms with Crippen molar-refractivity contribution >= 4 is 11.9 Å². The number of hydrogen-bond acceptors (Lipinski definition) is 4. The molecular weight excluding hydrogens is 206 g/mol. The third-order valence-corrected chi connectivity index (χ3v) is 2.50. The van der Waals surface area contributed by atoms with Gasteiger partial charge in [0.15, 0.2) is 0 Å². The molecule has 0 amide bonds. The van der Waals surface area contributed by atoms with Gasteiger partial charge < -0.3 is 10.0 Å². The van der Waals surface area contributed by atoms with Crippen LogP contribution in [0.5, 0.6) is 0 Å². The third kappa shape index (κ3) is 2.18. The maximum absolute atomic E-state index is 10.6. The van der Waals surface area contributed by atoms with Crippen molar-refractivity contribution in [2.24, 2.45) is 0 Å². The Hall–Kier alpha value is -1.91. The first-order chi connectivity index (χ1) is 7.66. The van der Waals surface area contributed by atoms with Crippen molar-refractivity contribution in [2.75, 3.05) is 18.0 Å². The fourth-order valence-corrected chi connectivity index (χ4v) is 1.68. The maximum atomic E-state index is 10.6. The van der Waals surface area contributed by atoms with E-state index in [1.807, 2.05) is 4.90 Å². The fraction of sp³-hybridized carbons (Fsp3) is 0.364. The van der Waals surface area contributed by atoms with Crippen LogP contribution in [0.3, 0.4) is 0 Å². The number of aromatic nitrogens is 2. The summed E-state index contributed by atoms with van der Waals surface area (Å²) < 4.78 is 0. The fourth-order valence-electron chi connectivity index (χ4n) is 1.68. The van der Waals surface area contributed by atoms with Gasteiger partial charge in [-0.3, -0.25) is 0 Å². The van der Waals surface area contributed by atoms with Crippen molar-refractivity contribution < 1.29 is 9.90 Å². The lowest BCUT2D eigenvalue weighted by Crippen LogP contribution is -2.30. The van der Waals surface area contributed by atoms with E-state index in [2.05, 4.69) is 23.0 Å². The van der Waals surface area contributed by atoms with Gasteiger partial charge >= 0.3 is 5.97 Å². The highest BCUT2D eigenvalue weighted by molar-refractivity contribution is 5.86. The van der Waals surface area contributed by atoms with Crippen molar-refractivity contribution in [1.82, 2.24) is 9.97 Å². The van der Waals surface area contributed by atoms with E-state index in [1.54, 1.807) is 0 Å². The summed E-state index contributed by atoms with van der Waals surface area (Å²) in [4.78, 5) is 20.8. The molecule has 0 unspecified atom stereocenters. The van der Waals surface area contributed by atoms with Crippen LogP contribution in [0.4, 0.5) is 5.95 Å². The summed E-state index contributed by atoms with van der Waals surface area (Å²) in [5.41, 5.74) is 1.41. The predicted octanol–water partition coefficient (Wildman–Crippen LogP) is 1.33. The average molecular weight is 219 g/mol. The summed E-state index contributed by atoms with van der Waals surface area (Å²) >= 11 is 0. The summed E-state index contributed by atoms with van der Waals surface area (Å²) in [6, 6.07) is 0. The van der Waals surface area contributed by atoms with Gasteiger partial charge in [-0.25, -0.2) is 14.8 Å². The number of carboxylic acids is 1. The van der Waals surface area contributed by atoms with Crippen LogP contribution in [-0.4, -0.2) is 34.1 Å². The van der Waals surface area contributed by atoms with Gasteiger partial charge in [0, 0.05) is 25.5 Å². The van der Waals surface area contributed by atoms with Gasteiger partial charge in [-0.05, 0) is 13.3 Å². The Bertz CT molecular complexity index is 425. The van der Waals surface area contributed by atoms with Gasteiger partial charge in [0.25, 0.3) is 0 Å². The molecule has 1 aromatic rings. The molecule has 0 spiro atoms. The molecule has 0 saturated carbocycles. The Kier molecular flexibility index (Phi) is 2.85. The van der Waals surface area contributed by atoms with Gasteiger partial charge in [-0.15, -0.1) is 0 Å². The summed E-state index contributed by atoms with van der Waals surface area (Å²) in [6.07, 6.45) is 5.87. The smallest absolute Gasteiger partial charge is 0.338 e. The minimum atomic E-state index is -0.999. The first-order valence-electron chi connectivity index (χ1n) is 5.13. The number of carbonyl (C=O) groups is 1. The molecule has 0 aromatic carbocycles. The Morgan fingerprint density at radius 1 is 1.44 bits per heavy atom. The highest BCUT2D eigenvalue weighted by Gasteiger charge is 2.13. The molecule has 16 heavy (non-hydrogen) atoms. The number of aromatic carboxylic acids is 1. The molecule has 84 valence electrons. The molecule has 5 heteroatoms. The van der Waals surface area contributed by atoms with Crippen LogP contribution >= 0.6 is 0 Å². The second-order valence-electron chi connectivity index (χ2n) is 3.84. The lowest BCUT2D eigenvalue weighted by molar-refractivity contribution is 0.0696. The molecular formula is C11H13N3O2. The standard InChI is InChI=1S/C11H13N3O2/c1-8-3-2-4-14(7-8)11-12-5-9(6-13-11)10(15)16/h3,5-6H,2,4,7H2,1H3,(H,15,16). The van der Waals surface area contributed by atoms with Crippen molar-refractivity contribution in [3.8, 4) is 0 Å². The quantitative estimate of drug-likeness (QED) is 0.760. The Morgan fingerprint density at radius 3 is 2.69 bits per heavy atom. The van der Waals surface area contributed by atoms with Gasteiger partial charge in [-0.2, -0.15) is 0 Å². The van der Waals surface area contributed by atoms with Gasteiger partial charge in [0.2, 0.25) is 5.95 Å². The lowest BCUT2D eigenvalue weighted by atomic mass is 10.1. The molecule has 0 fully saturated rings. The maximum Gasteiger partial charge on any atom is 0.338 e. The monoisotopic (exact) mass is 219 g/mol. The van der Waals surface area contributed by atoms with Crippen molar-refractivity contribution in [3.05, 3.63) is 29.6 Å². The van der Waals surface area contributed by atoms with Gasteiger partial charge in [0.1, 0.15) is 0 Å². The van der Waals surface area contributed by atoms with E-state index in [0.717, 1.165) is 19.5 Å². The third-order valence-electron chi connectivity index (χ3n) is 2.50. The van der Waals surface area contributed by atoms with E-state index >= 15 is 0 Å². The SMILES string of the molecule is CC1=CCCN(c2ncc(C(=O)O)cn2)C1. The molecule has 1 aromatic heterocycles. The van der Waals surface area contributed by atoms with E-state index in [-0.39, 0.29) is 5.56 Å². The van der Waals surface area contributed by atoms with Crippen LogP contribution in [0.2, 0.25) is 0 Å². The molecule has 2 rings (SSSR count). The lowest BCUT2D eigenvalue weighted by Gasteiger charge is -2.25. The zero-order valence-electron chi connectivity index (χ0n) is 9.05. The first-order valence-corrected chi connectivity index (χ1v) is 5.13. The van der Waals surface area contributed by atoms with Crippen LogP contribution in [-0.2, 0) is 0 Å². The van der Waals surface area contributed by atoms with Crippen LogP contribution in [0.15, 0.2) is 24.0 Å². The molecule has 0 atom stereocenters. The normalized spacial score (nSPS) is 15.8. The second-order valence-corrected chi connectivity index (χ2v) is 3.84. The van der Waals surface area contributed by atoms with Crippen molar-refractivity contribution in [1.29, 1.82) is 0 Å². The molecule has 1 aliphatic rings. The zero-order valence-corrected chi connectivity index (χ0v) is 9.05. The summed E-state index contributed by atoms with van der Waals surface area (Å²) in [5, 5.41) is 8.73. The zero-order chi connectivity index (χ0) is 11.5. The molecule has 1 N–H and O–H groups in total. The Balaban J connectivity index is 2.16.